The molecule has 0 aliphatic carbocycles. The molecule has 4 heteroatoms. The molecule has 0 saturated heterocycles. The highest BCUT2D eigenvalue weighted by Gasteiger charge is 2.08. The molecule has 2 nitrogen and oxygen atoms in total. The number of ether oxygens (including phenoxy) is 1. The number of ketones is 1. The van der Waals surface area contributed by atoms with Crippen molar-refractivity contribution >= 4 is 29.1 Å². The van der Waals surface area contributed by atoms with E-state index >= 15 is 0 Å². The van der Waals surface area contributed by atoms with E-state index in [-0.39, 0.29) is 11.9 Å². The molecule has 0 unspecified atom stereocenters. The summed E-state index contributed by atoms with van der Waals surface area (Å²) < 4.78 is 5.56. The molecule has 0 N–H and O–H groups in total. The lowest BCUT2D eigenvalue weighted by molar-refractivity contribution is 0.102. The maximum Gasteiger partial charge on any atom is 0.173 e. The number of rotatable bonds is 6. The monoisotopic (exact) mass is 320 g/mol. The summed E-state index contributed by atoms with van der Waals surface area (Å²) >= 11 is 7.53. The summed E-state index contributed by atoms with van der Waals surface area (Å²) in [4.78, 5) is 13.1. The second kappa shape index (κ2) is 7.53. The minimum Gasteiger partial charge on any atom is -0.491 e. The highest BCUT2D eigenvalue weighted by Crippen LogP contribution is 2.27. The van der Waals surface area contributed by atoms with E-state index in [0.717, 1.165) is 10.6 Å². The van der Waals surface area contributed by atoms with Gasteiger partial charge in [-0.3, -0.25) is 4.79 Å². The SMILES string of the molecule is CC(C)Oc1ccc(C(=O)CSc2ccccc2Cl)cc1. The molecule has 2 aromatic rings. The molecule has 0 amide bonds. The Labute approximate surface area is 134 Å². The Bertz CT molecular complexity index is 608. The van der Waals surface area contributed by atoms with Crippen LogP contribution in [0.2, 0.25) is 5.02 Å². The standard InChI is InChI=1S/C17H17ClO2S/c1-12(2)20-14-9-7-13(8-10-14)16(19)11-21-17-6-4-3-5-15(17)18/h3-10,12H,11H2,1-2H3. The van der Waals surface area contributed by atoms with Gasteiger partial charge in [0.2, 0.25) is 0 Å². The van der Waals surface area contributed by atoms with Crippen LogP contribution in [0.25, 0.3) is 0 Å². The molecule has 21 heavy (non-hydrogen) atoms. The molecule has 2 rings (SSSR count). The summed E-state index contributed by atoms with van der Waals surface area (Å²) in [6.07, 6.45) is 0.127. The van der Waals surface area contributed by atoms with Crippen LogP contribution in [0.1, 0.15) is 24.2 Å². The van der Waals surface area contributed by atoms with Crippen LogP contribution in [-0.2, 0) is 0 Å². The number of thioether (sulfide) groups is 1. The molecule has 2 aromatic carbocycles. The first-order valence-corrected chi connectivity index (χ1v) is 8.10. The van der Waals surface area contributed by atoms with Crippen molar-refractivity contribution in [1.82, 2.24) is 0 Å². The number of hydrogen-bond acceptors (Lipinski definition) is 3. The molecule has 0 radical (unpaired) electrons. The molecule has 0 aliphatic rings. The van der Waals surface area contributed by atoms with E-state index in [1.54, 1.807) is 12.1 Å². The van der Waals surface area contributed by atoms with Crippen molar-refractivity contribution in [2.75, 3.05) is 5.75 Å². The molecular formula is C17H17ClO2S. The molecule has 0 bridgehead atoms. The van der Waals surface area contributed by atoms with E-state index in [1.807, 2.05) is 50.2 Å². The van der Waals surface area contributed by atoms with Gasteiger partial charge in [0.05, 0.1) is 16.9 Å². The Balaban J connectivity index is 1.96. The van der Waals surface area contributed by atoms with E-state index in [1.165, 1.54) is 11.8 Å². The predicted octanol–water partition coefficient (Wildman–Crippen LogP) is 5.10. The van der Waals surface area contributed by atoms with Gasteiger partial charge in [0.1, 0.15) is 5.75 Å². The van der Waals surface area contributed by atoms with Gasteiger partial charge < -0.3 is 4.74 Å². The minimum atomic E-state index is 0.0796. The second-order valence-corrected chi connectivity index (χ2v) is 6.26. The summed E-state index contributed by atoms with van der Waals surface area (Å²) in [6.45, 7) is 3.94. The first-order chi connectivity index (χ1) is 10.1. The quantitative estimate of drug-likeness (QED) is 0.547. The zero-order valence-corrected chi connectivity index (χ0v) is 13.6. The summed E-state index contributed by atoms with van der Waals surface area (Å²) in [5.41, 5.74) is 0.686. The molecule has 0 saturated carbocycles. The number of Topliss-reactive ketones (excluding diaryl/α,β-unsaturated/α-hetero) is 1. The molecule has 0 heterocycles. The maximum atomic E-state index is 12.2. The average molecular weight is 321 g/mol. The summed E-state index contributed by atoms with van der Waals surface area (Å²) in [5, 5.41) is 0.677. The smallest absolute Gasteiger partial charge is 0.173 e. The fourth-order valence-corrected chi connectivity index (χ4v) is 2.91. The van der Waals surface area contributed by atoms with Crippen LogP contribution in [0.5, 0.6) is 5.75 Å². The molecule has 0 aromatic heterocycles. The van der Waals surface area contributed by atoms with Gasteiger partial charge in [-0.2, -0.15) is 0 Å². The van der Waals surface area contributed by atoms with Gasteiger partial charge in [0, 0.05) is 10.5 Å². The van der Waals surface area contributed by atoms with Crippen molar-refractivity contribution in [3.8, 4) is 5.75 Å². The number of halogens is 1. The Morgan fingerprint density at radius 2 is 1.81 bits per heavy atom. The average Bonchev–Trinajstić information content (AvgIpc) is 2.46. The molecular weight excluding hydrogens is 304 g/mol. The maximum absolute atomic E-state index is 12.2. The summed E-state index contributed by atoms with van der Waals surface area (Å²) in [5.74, 6) is 1.23. The van der Waals surface area contributed by atoms with Gasteiger partial charge in [-0.05, 0) is 50.2 Å². The number of carbonyl (C=O) groups excluding carboxylic acids is 1. The Hall–Kier alpha value is -1.45. The van der Waals surface area contributed by atoms with Crippen molar-refractivity contribution in [2.45, 2.75) is 24.8 Å². The number of carbonyl (C=O) groups is 1. The lowest BCUT2D eigenvalue weighted by Crippen LogP contribution is -2.06. The Morgan fingerprint density at radius 1 is 1.14 bits per heavy atom. The van der Waals surface area contributed by atoms with Crippen LogP contribution in [0.3, 0.4) is 0 Å². The molecule has 0 atom stereocenters. The van der Waals surface area contributed by atoms with Crippen molar-refractivity contribution in [3.05, 3.63) is 59.1 Å². The van der Waals surface area contributed by atoms with Gasteiger partial charge in [-0.25, -0.2) is 0 Å². The van der Waals surface area contributed by atoms with E-state index in [9.17, 15) is 4.79 Å². The van der Waals surface area contributed by atoms with Crippen molar-refractivity contribution < 1.29 is 9.53 Å². The van der Waals surface area contributed by atoms with Gasteiger partial charge in [-0.15, -0.1) is 11.8 Å². The first kappa shape index (κ1) is 15.9. The number of benzene rings is 2. The summed E-state index contributed by atoms with van der Waals surface area (Å²) in [6, 6.07) is 14.8. The fraction of sp³-hybridized carbons (Fsp3) is 0.235. The largest absolute Gasteiger partial charge is 0.491 e. The Kier molecular flexibility index (Phi) is 5.71. The number of hydrogen-bond donors (Lipinski definition) is 0. The topological polar surface area (TPSA) is 26.3 Å². The van der Waals surface area contributed by atoms with Crippen LogP contribution in [0.15, 0.2) is 53.4 Å². The van der Waals surface area contributed by atoms with Crippen molar-refractivity contribution in [2.24, 2.45) is 0 Å². The van der Waals surface area contributed by atoms with Crippen LogP contribution in [0.4, 0.5) is 0 Å². The normalized spacial score (nSPS) is 10.7. The third kappa shape index (κ3) is 4.80. The molecule has 0 aliphatic heterocycles. The first-order valence-electron chi connectivity index (χ1n) is 6.73. The zero-order valence-electron chi connectivity index (χ0n) is 12.0. The van der Waals surface area contributed by atoms with Gasteiger partial charge in [-0.1, -0.05) is 23.7 Å². The molecule has 0 fully saturated rings. The van der Waals surface area contributed by atoms with E-state index in [4.69, 9.17) is 16.3 Å². The van der Waals surface area contributed by atoms with Gasteiger partial charge >= 0.3 is 0 Å². The minimum absolute atomic E-state index is 0.0796. The Morgan fingerprint density at radius 3 is 2.43 bits per heavy atom. The van der Waals surface area contributed by atoms with Crippen LogP contribution < -0.4 is 4.74 Å². The third-order valence-corrected chi connectivity index (χ3v) is 4.26. The van der Waals surface area contributed by atoms with Crippen LogP contribution in [0, 0.1) is 0 Å². The molecule has 0 spiro atoms. The van der Waals surface area contributed by atoms with Gasteiger partial charge in [0.15, 0.2) is 5.78 Å². The van der Waals surface area contributed by atoms with E-state index in [2.05, 4.69) is 0 Å². The predicted molar refractivity (Wildman–Crippen MR) is 88.7 cm³/mol. The third-order valence-electron chi connectivity index (χ3n) is 2.74. The zero-order chi connectivity index (χ0) is 15.2. The summed E-state index contributed by atoms with van der Waals surface area (Å²) in [7, 11) is 0. The highest BCUT2D eigenvalue weighted by atomic mass is 35.5. The van der Waals surface area contributed by atoms with Crippen LogP contribution >= 0.6 is 23.4 Å². The lowest BCUT2D eigenvalue weighted by atomic mass is 10.1. The fourth-order valence-electron chi connectivity index (χ4n) is 1.78. The van der Waals surface area contributed by atoms with Gasteiger partial charge in [0.25, 0.3) is 0 Å². The van der Waals surface area contributed by atoms with E-state index < -0.39 is 0 Å². The molecule has 110 valence electrons. The van der Waals surface area contributed by atoms with Crippen molar-refractivity contribution in [1.29, 1.82) is 0 Å². The second-order valence-electron chi connectivity index (χ2n) is 4.83. The highest BCUT2D eigenvalue weighted by molar-refractivity contribution is 8.00. The van der Waals surface area contributed by atoms with Crippen molar-refractivity contribution in [3.63, 3.8) is 0 Å². The van der Waals surface area contributed by atoms with E-state index in [0.29, 0.717) is 16.3 Å². The van der Waals surface area contributed by atoms with Crippen LogP contribution in [-0.4, -0.2) is 17.6 Å². The lowest BCUT2D eigenvalue weighted by Gasteiger charge is -2.09.